The smallest absolute Gasteiger partial charge is 0.166 e. The van der Waals surface area contributed by atoms with Gasteiger partial charge in [0.1, 0.15) is 11.2 Å². The Morgan fingerprint density at radius 2 is 0.882 bits per heavy atom. The summed E-state index contributed by atoms with van der Waals surface area (Å²) in [4.78, 5) is 15.3. The van der Waals surface area contributed by atoms with Crippen LogP contribution in [0.25, 0.3) is 128 Å². The van der Waals surface area contributed by atoms with Crippen LogP contribution in [0.5, 0.6) is 0 Å². The Hall–Kier alpha value is -9.19. The second-order valence-corrected chi connectivity index (χ2v) is 16.3. The van der Waals surface area contributed by atoms with Crippen molar-refractivity contribution in [2.24, 2.45) is 0 Å². The second kappa shape index (κ2) is 16.4. The van der Waals surface area contributed by atoms with Gasteiger partial charge < -0.3 is 8.98 Å². The number of aromatic nitrogens is 4. The largest absolute Gasteiger partial charge is 0.456 e. The Labute approximate surface area is 409 Å². The standard InChI is InChI=1S/C63H40N4O/c1-4-14-41(15-5-1)43-24-26-44(27-25-43)45-28-30-46(31-29-45)49-32-36-54(58(39-49)67-56-22-12-10-20-51(56)55-38-48(34-37-57(55)67)42-16-6-2-7-17-42)63-65-61(47-18-8-3-9-19-47)64-62(66-63)50-33-35-53-52-21-11-13-23-59(52)68-60(53)40-50/h1-40H/i2D,6D,7D,10D,12D,16D,17D,20D,22D,34D,37D,38D. The first-order valence-electron chi connectivity index (χ1n) is 27.9. The van der Waals surface area contributed by atoms with Gasteiger partial charge >= 0.3 is 0 Å². The first-order chi connectivity index (χ1) is 38.7. The van der Waals surface area contributed by atoms with Crippen molar-refractivity contribution in [3.8, 4) is 84.4 Å². The molecule has 0 saturated heterocycles. The quantitative estimate of drug-likeness (QED) is 0.153. The van der Waals surface area contributed by atoms with E-state index < -0.39 is 83.6 Å². The van der Waals surface area contributed by atoms with Gasteiger partial charge in [-0.3, -0.25) is 0 Å². The van der Waals surface area contributed by atoms with Gasteiger partial charge in [-0.1, -0.05) is 194 Å². The van der Waals surface area contributed by atoms with E-state index in [4.69, 9.17) is 29.0 Å². The first-order valence-corrected chi connectivity index (χ1v) is 21.9. The second-order valence-electron chi connectivity index (χ2n) is 16.3. The minimum Gasteiger partial charge on any atom is -0.456 e. The van der Waals surface area contributed by atoms with Crippen molar-refractivity contribution in [3.05, 3.63) is 242 Å². The fraction of sp³-hybridized carbons (Fsp3) is 0. The molecule has 318 valence electrons. The van der Waals surface area contributed by atoms with E-state index in [0.717, 1.165) is 38.6 Å². The lowest BCUT2D eigenvalue weighted by atomic mass is 9.97. The van der Waals surface area contributed by atoms with E-state index in [0.29, 0.717) is 39.2 Å². The molecule has 0 unspecified atom stereocenters. The predicted octanol–water partition coefficient (Wildman–Crippen LogP) is 16.5. The molecule has 10 aromatic carbocycles. The van der Waals surface area contributed by atoms with E-state index in [-0.39, 0.29) is 39.1 Å². The van der Waals surface area contributed by atoms with Gasteiger partial charge in [-0.05, 0) is 93.0 Å². The van der Waals surface area contributed by atoms with Gasteiger partial charge in [-0.15, -0.1) is 0 Å². The molecule has 3 aromatic heterocycles. The molecule has 5 heteroatoms. The third-order valence-electron chi connectivity index (χ3n) is 12.2. The number of fused-ring (bicyclic) bond motifs is 6. The monoisotopic (exact) mass is 880 g/mol. The van der Waals surface area contributed by atoms with Crippen molar-refractivity contribution >= 4 is 43.7 Å². The van der Waals surface area contributed by atoms with E-state index in [2.05, 4.69) is 36.4 Å². The number of hydrogen-bond acceptors (Lipinski definition) is 4. The fourth-order valence-electron chi connectivity index (χ4n) is 8.89. The maximum absolute atomic E-state index is 9.89. The van der Waals surface area contributed by atoms with Crippen LogP contribution in [-0.4, -0.2) is 19.5 Å². The molecule has 0 atom stereocenters. The number of para-hydroxylation sites is 2. The van der Waals surface area contributed by atoms with Crippen LogP contribution in [0.4, 0.5) is 0 Å². The van der Waals surface area contributed by atoms with E-state index in [9.17, 15) is 6.85 Å². The highest BCUT2D eigenvalue weighted by molar-refractivity contribution is 6.11. The molecule has 68 heavy (non-hydrogen) atoms. The Balaban J connectivity index is 1.09. The molecule has 13 rings (SSSR count). The third-order valence-corrected chi connectivity index (χ3v) is 12.2. The maximum atomic E-state index is 9.89. The van der Waals surface area contributed by atoms with Gasteiger partial charge in [-0.2, -0.15) is 0 Å². The predicted molar refractivity (Wildman–Crippen MR) is 279 cm³/mol. The summed E-state index contributed by atoms with van der Waals surface area (Å²) in [7, 11) is 0. The molecule has 0 aliphatic carbocycles. The summed E-state index contributed by atoms with van der Waals surface area (Å²) < 4.78 is 117. The molecule has 0 aliphatic heterocycles. The van der Waals surface area contributed by atoms with Gasteiger partial charge in [0.2, 0.25) is 0 Å². The number of benzene rings is 10. The Bertz CT molecular complexity index is 4690. The van der Waals surface area contributed by atoms with Crippen LogP contribution in [0.15, 0.2) is 247 Å². The summed E-state index contributed by atoms with van der Waals surface area (Å²) in [5.41, 5.74) is 7.35. The van der Waals surface area contributed by atoms with Gasteiger partial charge in [0.25, 0.3) is 0 Å². The molecule has 0 radical (unpaired) electrons. The van der Waals surface area contributed by atoms with Crippen LogP contribution in [0, 0.1) is 0 Å². The van der Waals surface area contributed by atoms with E-state index in [1.54, 1.807) is 12.1 Å². The first kappa shape index (κ1) is 28.7. The minimum absolute atomic E-state index is 0.129. The van der Waals surface area contributed by atoms with Crippen LogP contribution in [0.3, 0.4) is 0 Å². The molecule has 13 aromatic rings. The molecular formula is C63H40N4O. The molecule has 0 bridgehead atoms. The average molecular weight is 881 g/mol. The number of rotatable bonds is 8. The summed E-state index contributed by atoms with van der Waals surface area (Å²) in [6.07, 6.45) is 0. The van der Waals surface area contributed by atoms with Crippen molar-refractivity contribution < 1.29 is 20.9 Å². The van der Waals surface area contributed by atoms with Crippen LogP contribution in [-0.2, 0) is 0 Å². The highest BCUT2D eigenvalue weighted by Gasteiger charge is 2.21. The molecule has 5 nitrogen and oxygen atoms in total. The summed E-state index contributed by atoms with van der Waals surface area (Å²) in [6.45, 7) is 0. The van der Waals surface area contributed by atoms with E-state index >= 15 is 0 Å². The van der Waals surface area contributed by atoms with Crippen molar-refractivity contribution in [2.45, 2.75) is 0 Å². The van der Waals surface area contributed by atoms with Gasteiger partial charge in [0.15, 0.2) is 17.5 Å². The number of furan rings is 1. The zero-order chi connectivity index (χ0) is 55.4. The highest BCUT2D eigenvalue weighted by Crippen LogP contribution is 2.41. The zero-order valence-corrected chi connectivity index (χ0v) is 35.9. The topological polar surface area (TPSA) is 56.7 Å². The highest BCUT2D eigenvalue weighted by atomic mass is 16.3. The molecule has 3 heterocycles. The average Bonchev–Trinajstić information content (AvgIpc) is 3.28. The molecule has 0 saturated carbocycles. The van der Waals surface area contributed by atoms with Gasteiger partial charge in [0.05, 0.1) is 33.2 Å². The van der Waals surface area contributed by atoms with Gasteiger partial charge in [0, 0.05) is 38.2 Å². The molecule has 0 amide bonds. The zero-order valence-electron chi connectivity index (χ0n) is 47.9. The molecule has 0 spiro atoms. The van der Waals surface area contributed by atoms with Crippen LogP contribution < -0.4 is 0 Å². The summed E-state index contributed by atoms with van der Waals surface area (Å²) in [5, 5.41) is 1.46. The lowest BCUT2D eigenvalue weighted by Crippen LogP contribution is -2.04. The van der Waals surface area contributed by atoms with Crippen molar-refractivity contribution in [1.29, 1.82) is 0 Å². The van der Waals surface area contributed by atoms with Crippen molar-refractivity contribution in [2.75, 3.05) is 0 Å². The van der Waals surface area contributed by atoms with Crippen LogP contribution in [0.2, 0.25) is 0 Å². The fourth-order valence-corrected chi connectivity index (χ4v) is 8.89. The molecular weight excluding hydrogens is 829 g/mol. The summed E-state index contributed by atoms with van der Waals surface area (Å²) >= 11 is 0. The molecule has 0 aliphatic rings. The van der Waals surface area contributed by atoms with E-state index in [1.807, 2.05) is 121 Å². The Kier molecular flexibility index (Phi) is 6.89. The van der Waals surface area contributed by atoms with E-state index in [1.165, 1.54) is 4.57 Å². The third kappa shape index (κ3) is 6.93. The SMILES string of the molecule is [2H]c1c([2H])c([2H])c(-c2c([2H])c([2H])c3c(c2[2H])c2c([2H])c([2H])c([2H])c([2H])c2n3-c2cc(-c3ccc(-c4ccc(-c5ccccc5)cc4)cc3)ccc2-c2nc(-c3ccccc3)nc(-c3ccc4c(c3)oc3ccccc34)n2)c([2H])c1[2H]. The van der Waals surface area contributed by atoms with Crippen molar-refractivity contribution in [1.82, 2.24) is 19.5 Å². The number of nitrogens with zero attached hydrogens (tertiary/aromatic N) is 4. The number of hydrogen-bond donors (Lipinski definition) is 0. The van der Waals surface area contributed by atoms with Crippen molar-refractivity contribution in [3.63, 3.8) is 0 Å². The Morgan fingerprint density at radius 1 is 0.338 bits per heavy atom. The lowest BCUT2D eigenvalue weighted by Gasteiger charge is -2.17. The molecule has 0 N–H and O–H groups in total. The Morgan fingerprint density at radius 3 is 1.62 bits per heavy atom. The normalized spacial score (nSPS) is 14.0. The summed E-state index contributed by atoms with van der Waals surface area (Å²) in [5.74, 6) is 0.701. The summed E-state index contributed by atoms with van der Waals surface area (Å²) in [6, 6.07) is 46.9. The van der Waals surface area contributed by atoms with Gasteiger partial charge in [-0.25, -0.2) is 15.0 Å². The molecule has 0 fully saturated rings. The minimum atomic E-state index is -0.713. The van der Waals surface area contributed by atoms with Crippen LogP contribution >= 0.6 is 0 Å². The lowest BCUT2D eigenvalue weighted by molar-refractivity contribution is 0.669. The van der Waals surface area contributed by atoms with Crippen LogP contribution in [0.1, 0.15) is 16.4 Å². The maximum Gasteiger partial charge on any atom is 0.166 e.